The first-order valence-electron chi connectivity index (χ1n) is 11.0. The number of methoxy groups -OCH3 is 1. The summed E-state index contributed by atoms with van der Waals surface area (Å²) in [5.41, 5.74) is 2.58. The fraction of sp³-hybridized carbons (Fsp3) is 0.280. The van der Waals surface area contributed by atoms with E-state index in [1.807, 2.05) is 48.5 Å². The Morgan fingerprint density at radius 1 is 1.00 bits per heavy atom. The first-order valence-corrected chi connectivity index (χ1v) is 11.0. The van der Waals surface area contributed by atoms with E-state index in [9.17, 15) is 4.79 Å². The molecule has 4 rings (SSSR count). The smallest absolute Gasteiger partial charge is 0.258 e. The molecule has 0 radical (unpaired) electrons. The lowest BCUT2D eigenvalue weighted by Crippen LogP contribution is -2.32. The molecular weight excluding hydrogens is 434 g/mol. The van der Waals surface area contributed by atoms with Crippen LogP contribution in [0.15, 0.2) is 60.7 Å². The fourth-order valence-corrected chi connectivity index (χ4v) is 3.34. The van der Waals surface area contributed by atoms with Crippen molar-refractivity contribution in [1.29, 1.82) is 0 Å². The van der Waals surface area contributed by atoms with Gasteiger partial charge in [-0.1, -0.05) is 38.1 Å². The Morgan fingerprint density at radius 2 is 1.79 bits per heavy atom. The van der Waals surface area contributed by atoms with Gasteiger partial charge in [0.25, 0.3) is 5.91 Å². The predicted octanol–water partition coefficient (Wildman–Crippen LogP) is 3.50. The molecule has 1 amide bonds. The summed E-state index contributed by atoms with van der Waals surface area (Å²) in [6.45, 7) is 4.76. The standard InChI is InChI=1S/C25H27N5O4/c1-17(2)18-8-10-19(11-9-18)34-16-23(31)26-14-15-33-24-13-12-22-27-28-25(30(22)29-24)20-6-4-5-7-21(20)32-3/h4-13,17H,14-16H2,1-3H3,(H,26,31). The summed E-state index contributed by atoms with van der Waals surface area (Å²) in [6, 6.07) is 18.8. The first-order chi connectivity index (χ1) is 16.5. The summed E-state index contributed by atoms with van der Waals surface area (Å²) >= 11 is 0. The zero-order chi connectivity index (χ0) is 23.9. The Hall–Kier alpha value is -4.14. The number of rotatable bonds is 10. The molecule has 0 aliphatic heterocycles. The number of carbonyl (C=O) groups is 1. The monoisotopic (exact) mass is 461 g/mol. The van der Waals surface area contributed by atoms with Crippen molar-refractivity contribution in [2.75, 3.05) is 26.9 Å². The van der Waals surface area contributed by atoms with Gasteiger partial charge in [-0.05, 0) is 41.8 Å². The second kappa shape index (κ2) is 10.7. The van der Waals surface area contributed by atoms with E-state index in [0.717, 1.165) is 5.56 Å². The van der Waals surface area contributed by atoms with Crippen molar-refractivity contribution in [3.8, 4) is 28.8 Å². The Labute approximate surface area is 197 Å². The van der Waals surface area contributed by atoms with Gasteiger partial charge in [0, 0.05) is 6.07 Å². The summed E-state index contributed by atoms with van der Waals surface area (Å²) in [5.74, 6) is 2.49. The predicted molar refractivity (Wildman–Crippen MR) is 127 cm³/mol. The average Bonchev–Trinajstić information content (AvgIpc) is 3.28. The van der Waals surface area contributed by atoms with Gasteiger partial charge in [-0.25, -0.2) is 0 Å². The molecule has 4 aromatic rings. The van der Waals surface area contributed by atoms with E-state index in [-0.39, 0.29) is 19.1 Å². The van der Waals surface area contributed by atoms with Gasteiger partial charge in [0.2, 0.25) is 5.88 Å². The number of nitrogens with zero attached hydrogens (tertiary/aromatic N) is 4. The van der Waals surface area contributed by atoms with Gasteiger partial charge in [0.05, 0.1) is 19.2 Å². The van der Waals surface area contributed by atoms with Crippen molar-refractivity contribution in [3.63, 3.8) is 0 Å². The van der Waals surface area contributed by atoms with Gasteiger partial charge in [0.1, 0.15) is 18.1 Å². The molecule has 0 fully saturated rings. The number of nitrogens with one attached hydrogen (secondary N) is 1. The van der Waals surface area contributed by atoms with Crippen LogP contribution in [0.2, 0.25) is 0 Å². The maximum Gasteiger partial charge on any atom is 0.258 e. The maximum atomic E-state index is 12.1. The van der Waals surface area contributed by atoms with Gasteiger partial charge >= 0.3 is 0 Å². The van der Waals surface area contributed by atoms with E-state index in [0.29, 0.717) is 41.3 Å². The molecule has 0 saturated carbocycles. The quantitative estimate of drug-likeness (QED) is 0.361. The molecule has 0 unspecified atom stereocenters. The normalized spacial score (nSPS) is 10.9. The van der Waals surface area contributed by atoms with Crippen LogP contribution in [0.25, 0.3) is 17.0 Å². The number of carbonyl (C=O) groups excluding carboxylic acids is 1. The highest BCUT2D eigenvalue weighted by molar-refractivity contribution is 5.77. The molecule has 0 aliphatic rings. The van der Waals surface area contributed by atoms with Crippen LogP contribution in [0.5, 0.6) is 17.4 Å². The largest absolute Gasteiger partial charge is 0.496 e. The molecule has 2 aromatic carbocycles. The minimum atomic E-state index is -0.225. The van der Waals surface area contributed by atoms with Gasteiger partial charge in [-0.2, -0.15) is 4.52 Å². The number of para-hydroxylation sites is 1. The Balaban J connectivity index is 1.29. The van der Waals surface area contributed by atoms with Crippen LogP contribution < -0.4 is 19.5 Å². The molecule has 0 spiro atoms. The van der Waals surface area contributed by atoms with Crippen LogP contribution in [-0.2, 0) is 4.79 Å². The summed E-state index contributed by atoms with van der Waals surface area (Å²) in [5, 5.41) is 15.6. The highest BCUT2D eigenvalue weighted by Crippen LogP contribution is 2.28. The van der Waals surface area contributed by atoms with Crippen molar-refractivity contribution in [3.05, 3.63) is 66.2 Å². The average molecular weight is 462 g/mol. The van der Waals surface area contributed by atoms with Gasteiger partial charge in [-0.3, -0.25) is 4.79 Å². The van der Waals surface area contributed by atoms with Crippen LogP contribution in [0.3, 0.4) is 0 Å². The topological polar surface area (TPSA) is 99.9 Å². The third kappa shape index (κ3) is 5.43. The summed E-state index contributed by atoms with van der Waals surface area (Å²) in [4.78, 5) is 12.1. The second-order valence-corrected chi connectivity index (χ2v) is 7.88. The molecule has 34 heavy (non-hydrogen) atoms. The molecule has 0 bridgehead atoms. The number of aromatic nitrogens is 4. The molecule has 9 heteroatoms. The molecule has 9 nitrogen and oxygen atoms in total. The highest BCUT2D eigenvalue weighted by Gasteiger charge is 2.14. The van der Waals surface area contributed by atoms with E-state index < -0.39 is 0 Å². The van der Waals surface area contributed by atoms with Crippen molar-refractivity contribution >= 4 is 11.6 Å². The summed E-state index contributed by atoms with van der Waals surface area (Å²) < 4.78 is 18.3. The lowest BCUT2D eigenvalue weighted by molar-refractivity contribution is -0.123. The third-order valence-electron chi connectivity index (χ3n) is 5.18. The number of amides is 1. The van der Waals surface area contributed by atoms with Gasteiger partial charge in [0.15, 0.2) is 18.1 Å². The highest BCUT2D eigenvalue weighted by atomic mass is 16.5. The maximum absolute atomic E-state index is 12.1. The lowest BCUT2D eigenvalue weighted by atomic mass is 10.0. The third-order valence-corrected chi connectivity index (χ3v) is 5.18. The lowest BCUT2D eigenvalue weighted by Gasteiger charge is -2.10. The summed E-state index contributed by atoms with van der Waals surface area (Å²) in [7, 11) is 1.60. The molecule has 2 aromatic heterocycles. The van der Waals surface area contributed by atoms with E-state index in [1.54, 1.807) is 23.8 Å². The number of hydrogen-bond donors (Lipinski definition) is 1. The van der Waals surface area contributed by atoms with E-state index >= 15 is 0 Å². The summed E-state index contributed by atoms with van der Waals surface area (Å²) in [6.07, 6.45) is 0. The Morgan fingerprint density at radius 3 is 2.56 bits per heavy atom. The Kier molecular flexibility index (Phi) is 7.22. The zero-order valence-electron chi connectivity index (χ0n) is 19.4. The number of fused-ring (bicyclic) bond motifs is 1. The molecule has 2 heterocycles. The van der Waals surface area contributed by atoms with E-state index in [1.165, 1.54) is 5.56 Å². The van der Waals surface area contributed by atoms with Crippen molar-refractivity contribution in [2.24, 2.45) is 0 Å². The van der Waals surface area contributed by atoms with Crippen molar-refractivity contribution in [1.82, 2.24) is 25.1 Å². The number of ether oxygens (including phenoxy) is 3. The fourth-order valence-electron chi connectivity index (χ4n) is 3.34. The molecule has 176 valence electrons. The minimum Gasteiger partial charge on any atom is -0.496 e. The number of hydrogen-bond acceptors (Lipinski definition) is 7. The van der Waals surface area contributed by atoms with Crippen LogP contribution >= 0.6 is 0 Å². The van der Waals surface area contributed by atoms with Gasteiger partial charge < -0.3 is 19.5 Å². The SMILES string of the molecule is COc1ccccc1-c1nnc2ccc(OCCNC(=O)COc3ccc(C(C)C)cc3)nn12. The zero-order valence-corrected chi connectivity index (χ0v) is 19.4. The van der Waals surface area contributed by atoms with Crippen LogP contribution in [0.4, 0.5) is 0 Å². The van der Waals surface area contributed by atoms with Crippen LogP contribution in [0.1, 0.15) is 25.3 Å². The molecule has 0 atom stereocenters. The van der Waals surface area contributed by atoms with Crippen molar-refractivity contribution in [2.45, 2.75) is 19.8 Å². The van der Waals surface area contributed by atoms with Crippen molar-refractivity contribution < 1.29 is 19.0 Å². The molecule has 1 N–H and O–H groups in total. The van der Waals surface area contributed by atoms with Gasteiger partial charge in [-0.15, -0.1) is 15.3 Å². The molecule has 0 aliphatic carbocycles. The van der Waals surface area contributed by atoms with E-state index in [4.69, 9.17) is 14.2 Å². The molecule has 0 saturated heterocycles. The van der Waals surface area contributed by atoms with Crippen LogP contribution in [-0.4, -0.2) is 52.6 Å². The first kappa shape index (κ1) is 23.0. The van der Waals surface area contributed by atoms with E-state index in [2.05, 4.69) is 34.5 Å². The number of benzene rings is 2. The van der Waals surface area contributed by atoms with Crippen LogP contribution in [0, 0.1) is 0 Å². The molecular formula is C25H27N5O4. The minimum absolute atomic E-state index is 0.0613. The second-order valence-electron chi connectivity index (χ2n) is 7.88. The Bertz CT molecular complexity index is 1250.